The summed E-state index contributed by atoms with van der Waals surface area (Å²) in [5, 5.41) is 6.44. The van der Waals surface area contributed by atoms with Gasteiger partial charge in [0.25, 0.3) is 12.3 Å². The number of halogens is 6. The van der Waals surface area contributed by atoms with Crippen LogP contribution in [0.15, 0.2) is 42.6 Å². The first-order valence-electron chi connectivity index (χ1n) is 11.4. The number of imidazole rings is 1. The molecule has 0 unspecified atom stereocenters. The van der Waals surface area contributed by atoms with Crippen LogP contribution in [0.5, 0.6) is 0 Å². The number of carbonyl (C=O) groups excluding carboxylic acids is 1. The van der Waals surface area contributed by atoms with Crippen LogP contribution in [-0.4, -0.2) is 47.4 Å². The third kappa shape index (κ3) is 6.00. The van der Waals surface area contributed by atoms with Crippen LogP contribution in [-0.2, 0) is 6.18 Å². The molecular weight excluding hydrogens is 505 g/mol. The maximum atomic E-state index is 13.0. The second-order valence-corrected chi connectivity index (χ2v) is 9.27. The molecule has 2 N–H and O–H groups in total. The Labute approximate surface area is 209 Å². The van der Waals surface area contributed by atoms with Crippen molar-refractivity contribution in [2.24, 2.45) is 0 Å². The Morgan fingerprint density at radius 1 is 1.17 bits per heavy atom. The molecule has 12 heteroatoms. The molecule has 0 aliphatic heterocycles. The summed E-state index contributed by atoms with van der Waals surface area (Å²) in [7, 11) is 1.52. The Bertz CT molecular complexity index is 1220. The quantitative estimate of drug-likeness (QED) is 0.376. The van der Waals surface area contributed by atoms with Crippen molar-refractivity contribution in [3.63, 3.8) is 0 Å². The van der Waals surface area contributed by atoms with Crippen molar-refractivity contribution < 1.29 is 26.7 Å². The summed E-state index contributed by atoms with van der Waals surface area (Å²) in [5.74, 6) is 0.175. The molecule has 194 valence electrons. The fraction of sp³-hybridized carbons (Fsp3) is 0.417. The normalized spacial score (nSPS) is 18.4. The zero-order valence-electron chi connectivity index (χ0n) is 19.3. The van der Waals surface area contributed by atoms with Gasteiger partial charge in [-0.2, -0.15) is 13.2 Å². The summed E-state index contributed by atoms with van der Waals surface area (Å²) >= 11 is 6.25. The molecule has 3 aromatic rings. The fourth-order valence-corrected chi connectivity index (χ4v) is 4.62. The average molecular weight is 530 g/mol. The summed E-state index contributed by atoms with van der Waals surface area (Å²) in [6, 6.07) is 9.38. The topological polar surface area (TPSA) is 61.7 Å². The Balaban J connectivity index is 1.33. The first-order chi connectivity index (χ1) is 17.0. The molecule has 4 rings (SSSR count). The van der Waals surface area contributed by atoms with Gasteiger partial charge in [0.15, 0.2) is 5.69 Å². The third-order valence-corrected chi connectivity index (χ3v) is 6.56. The molecule has 0 spiro atoms. The van der Waals surface area contributed by atoms with E-state index >= 15 is 0 Å². The van der Waals surface area contributed by atoms with Crippen molar-refractivity contribution in [3.05, 3.63) is 58.9 Å². The highest BCUT2D eigenvalue weighted by Gasteiger charge is 2.34. The van der Waals surface area contributed by atoms with Crippen LogP contribution >= 0.6 is 11.6 Å². The predicted octanol–water partition coefficient (Wildman–Crippen LogP) is 5.86. The predicted molar refractivity (Wildman–Crippen MR) is 128 cm³/mol. The maximum absolute atomic E-state index is 13.0. The van der Waals surface area contributed by atoms with E-state index in [2.05, 4.69) is 15.6 Å². The standard InChI is InChI=1S/C24H25ClF5N5O/c1-34(13-20(26)27)16-9-10-17(18(25)11-16)23(36)32-15-7-5-14(6-8-15)31-21-3-2-4-22-33-19(12-35(21)22)24(28,29)30/h2-4,9-12,14-15,20,31H,5-8,13H2,1H3,(H,32,36). The van der Waals surface area contributed by atoms with Crippen LogP contribution in [0.1, 0.15) is 41.7 Å². The van der Waals surface area contributed by atoms with Gasteiger partial charge in [0.1, 0.15) is 11.5 Å². The number of pyridine rings is 1. The molecule has 36 heavy (non-hydrogen) atoms. The number of amides is 1. The number of benzene rings is 1. The molecule has 1 saturated carbocycles. The van der Waals surface area contributed by atoms with Gasteiger partial charge in [-0.3, -0.25) is 9.20 Å². The summed E-state index contributed by atoms with van der Waals surface area (Å²) in [6.45, 7) is -0.446. The number of anilines is 2. The molecule has 0 saturated heterocycles. The van der Waals surface area contributed by atoms with E-state index in [1.54, 1.807) is 18.2 Å². The molecule has 0 atom stereocenters. The number of hydrogen-bond acceptors (Lipinski definition) is 4. The highest BCUT2D eigenvalue weighted by molar-refractivity contribution is 6.34. The largest absolute Gasteiger partial charge is 0.434 e. The molecule has 6 nitrogen and oxygen atoms in total. The van der Waals surface area contributed by atoms with Crippen molar-refractivity contribution in [1.29, 1.82) is 0 Å². The number of nitrogens with one attached hydrogen (secondary N) is 2. The minimum atomic E-state index is -4.52. The van der Waals surface area contributed by atoms with Crippen molar-refractivity contribution in [2.45, 2.75) is 50.4 Å². The molecule has 0 bridgehead atoms. The number of aromatic nitrogens is 2. The second-order valence-electron chi connectivity index (χ2n) is 8.87. The number of hydrogen-bond donors (Lipinski definition) is 2. The molecule has 0 radical (unpaired) electrons. The second kappa shape index (κ2) is 10.5. The first-order valence-corrected chi connectivity index (χ1v) is 11.8. The molecule has 1 aliphatic rings. The lowest BCUT2D eigenvalue weighted by Gasteiger charge is -2.30. The lowest BCUT2D eigenvalue weighted by atomic mass is 9.91. The van der Waals surface area contributed by atoms with Gasteiger partial charge in [0.05, 0.1) is 17.1 Å². The Kier molecular flexibility index (Phi) is 7.58. The maximum Gasteiger partial charge on any atom is 0.434 e. The molecule has 2 heterocycles. The van der Waals surface area contributed by atoms with E-state index in [0.29, 0.717) is 37.2 Å². The first kappa shape index (κ1) is 26.0. The van der Waals surface area contributed by atoms with E-state index < -0.39 is 24.8 Å². The van der Waals surface area contributed by atoms with Crippen molar-refractivity contribution >= 4 is 34.7 Å². The van der Waals surface area contributed by atoms with Crippen LogP contribution in [0.4, 0.5) is 33.5 Å². The van der Waals surface area contributed by atoms with Crippen molar-refractivity contribution in [2.75, 3.05) is 23.8 Å². The molecule has 1 amide bonds. The summed E-state index contributed by atoms with van der Waals surface area (Å²) in [6.07, 6.45) is -3.30. The van der Waals surface area contributed by atoms with Gasteiger partial charge < -0.3 is 15.5 Å². The number of carbonyl (C=O) groups is 1. The highest BCUT2D eigenvalue weighted by atomic mass is 35.5. The van der Waals surface area contributed by atoms with Gasteiger partial charge in [-0.25, -0.2) is 13.8 Å². The average Bonchev–Trinajstić information content (AvgIpc) is 3.26. The summed E-state index contributed by atoms with van der Waals surface area (Å²) in [5.41, 5.74) is 0.00386. The van der Waals surface area contributed by atoms with E-state index in [-0.39, 0.29) is 34.2 Å². The van der Waals surface area contributed by atoms with Gasteiger partial charge in [-0.05, 0) is 56.0 Å². The van der Waals surface area contributed by atoms with E-state index in [1.807, 2.05) is 0 Å². The molecule has 1 aromatic carbocycles. The Morgan fingerprint density at radius 3 is 2.50 bits per heavy atom. The van der Waals surface area contributed by atoms with Gasteiger partial charge in [0, 0.05) is 31.0 Å². The lowest BCUT2D eigenvalue weighted by molar-refractivity contribution is -0.140. The van der Waals surface area contributed by atoms with E-state index in [9.17, 15) is 26.7 Å². The van der Waals surface area contributed by atoms with E-state index in [0.717, 1.165) is 6.20 Å². The smallest absolute Gasteiger partial charge is 0.369 e. The summed E-state index contributed by atoms with van der Waals surface area (Å²) in [4.78, 5) is 17.8. The van der Waals surface area contributed by atoms with Crippen molar-refractivity contribution in [1.82, 2.24) is 14.7 Å². The fourth-order valence-electron chi connectivity index (χ4n) is 4.36. The Hall–Kier alpha value is -3.08. The number of fused-ring (bicyclic) bond motifs is 1. The Morgan fingerprint density at radius 2 is 1.86 bits per heavy atom. The van der Waals surface area contributed by atoms with E-state index in [1.165, 1.54) is 34.5 Å². The zero-order valence-corrected chi connectivity index (χ0v) is 20.1. The minimum absolute atomic E-state index is 0.0220. The van der Waals surface area contributed by atoms with Crippen LogP contribution in [0.3, 0.4) is 0 Å². The molecule has 2 aromatic heterocycles. The third-order valence-electron chi connectivity index (χ3n) is 6.25. The van der Waals surface area contributed by atoms with Gasteiger partial charge in [0.2, 0.25) is 0 Å². The number of alkyl halides is 5. The zero-order chi connectivity index (χ0) is 26.0. The van der Waals surface area contributed by atoms with Crippen LogP contribution in [0.2, 0.25) is 5.02 Å². The number of nitrogens with zero attached hydrogens (tertiary/aromatic N) is 3. The number of rotatable bonds is 7. The van der Waals surface area contributed by atoms with Gasteiger partial charge >= 0.3 is 6.18 Å². The summed E-state index contributed by atoms with van der Waals surface area (Å²) < 4.78 is 65.7. The molecule has 1 aliphatic carbocycles. The van der Waals surface area contributed by atoms with Crippen LogP contribution < -0.4 is 15.5 Å². The lowest BCUT2D eigenvalue weighted by Crippen LogP contribution is -2.40. The van der Waals surface area contributed by atoms with Crippen molar-refractivity contribution in [3.8, 4) is 0 Å². The van der Waals surface area contributed by atoms with Gasteiger partial charge in [-0.1, -0.05) is 17.7 Å². The monoisotopic (exact) mass is 529 g/mol. The SMILES string of the molecule is CN(CC(F)F)c1ccc(C(=O)NC2CCC(Nc3cccc4nc(C(F)(F)F)cn34)CC2)c(Cl)c1. The van der Waals surface area contributed by atoms with Gasteiger partial charge in [-0.15, -0.1) is 0 Å². The molecular formula is C24H25ClF5N5O. The van der Waals surface area contributed by atoms with Crippen LogP contribution in [0, 0.1) is 0 Å². The highest BCUT2D eigenvalue weighted by Crippen LogP contribution is 2.30. The minimum Gasteiger partial charge on any atom is -0.369 e. The van der Waals surface area contributed by atoms with E-state index in [4.69, 9.17) is 11.6 Å². The molecule has 1 fully saturated rings. The van der Waals surface area contributed by atoms with Crippen LogP contribution in [0.25, 0.3) is 5.65 Å².